The van der Waals surface area contributed by atoms with E-state index in [4.69, 9.17) is 0 Å². The molecule has 0 saturated heterocycles. The summed E-state index contributed by atoms with van der Waals surface area (Å²) in [6.45, 7) is 9.59. The van der Waals surface area contributed by atoms with E-state index in [1.807, 2.05) is 31.2 Å². The van der Waals surface area contributed by atoms with Gasteiger partial charge in [-0.3, -0.25) is 13.9 Å². The monoisotopic (exact) mass is 345 g/mol. The minimum absolute atomic E-state index is 0.00970. The summed E-state index contributed by atoms with van der Waals surface area (Å²) in [6.07, 6.45) is 3.32. The van der Waals surface area contributed by atoms with Crippen molar-refractivity contribution in [3.8, 4) is 0 Å². The fourth-order valence-corrected chi connectivity index (χ4v) is 3.14. The van der Waals surface area contributed by atoms with Crippen LogP contribution < -0.4 is 11.0 Å². The number of amides is 1. The zero-order valence-corrected chi connectivity index (χ0v) is 15.9. The number of carbonyl (C=O) groups is 1. The second kappa shape index (κ2) is 8.88. The molecule has 1 atom stereocenters. The molecule has 0 radical (unpaired) electrons. The number of aryl methyl sites for hydroxylation is 2. The molecule has 0 bridgehead atoms. The van der Waals surface area contributed by atoms with Crippen LogP contribution in [0.1, 0.15) is 53.4 Å². The maximum atomic E-state index is 12.7. The highest BCUT2D eigenvalue weighted by molar-refractivity contribution is 5.78. The molecular weight excluding hydrogens is 314 g/mol. The molecule has 1 N–H and O–H groups in total. The van der Waals surface area contributed by atoms with Gasteiger partial charge in [-0.25, -0.2) is 4.79 Å². The van der Waals surface area contributed by atoms with Gasteiger partial charge >= 0.3 is 5.69 Å². The number of nitrogens with zero attached hydrogens (tertiary/aromatic N) is 2. The van der Waals surface area contributed by atoms with Crippen LogP contribution in [-0.4, -0.2) is 21.1 Å². The molecule has 0 aliphatic carbocycles. The first-order chi connectivity index (χ1) is 11.9. The lowest BCUT2D eigenvalue weighted by Gasteiger charge is -2.15. The van der Waals surface area contributed by atoms with Gasteiger partial charge in [-0.15, -0.1) is 0 Å². The van der Waals surface area contributed by atoms with E-state index in [1.165, 1.54) is 0 Å². The summed E-state index contributed by atoms with van der Waals surface area (Å²) >= 11 is 0. The van der Waals surface area contributed by atoms with Gasteiger partial charge in [0.2, 0.25) is 5.91 Å². The molecule has 0 aliphatic heterocycles. The average Bonchev–Trinajstić information content (AvgIpc) is 2.84. The van der Waals surface area contributed by atoms with Crippen LogP contribution in [0.4, 0.5) is 0 Å². The van der Waals surface area contributed by atoms with E-state index in [2.05, 4.69) is 26.1 Å². The van der Waals surface area contributed by atoms with Crippen molar-refractivity contribution in [3.63, 3.8) is 0 Å². The molecule has 1 aromatic heterocycles. The summed E-state index contributed by atoms with van der Waals surface area (Å²) in [5, 5.41) is 3.04. The Morgan fingerprint density at radius 3 is 2.20 bits per heavy atom. The molecule has 2 rings (SSSR count). The summed E-state index contributed by atoms with van der Waals surface area (Å²) in [4.78, 5) is 24.9. The molecule has 0 aliphatic rings. The minimum Gasteiger partial charge on any atom is -0.354 e. The number of imidazole rings is 1. The van der Waals surface area contributed by atoms with E-state index in [-0.39, 0.29) is 17.6 Å². The number of benzene rings is 1. The highest BCUT2D eigenvalue weighted by atomic mass is 16.2. The molecule has 5 heteroatoms. The van der Waals surface area contributed by atoms with Gasteiger partial charge in [0.25, 0.3) is 0 Å². The van der Waals surface area contributed by atoms with Crippen LogP contribution >= 0.6 is 0 Å². The number of hydrogen-bond acceptors (Lipinski definition) is 2. The number of para-hydroxylation sites is 2. The van der Waals surface area contributed by atoms with Crippen LogP contribution in [0.15, 0.2) is 29.1 Å². The number of rotatable bonds is 9. The third-order valence-electron chi connectivity index (χ3n) is 4.52. The third-order valence-corrected chi connectivity index (χ3v) is 4.52. The Morgan fingerprint density at radius 1 is 1.04 bits per heavy atom. The fraction of sp³-hybridized carbons (Fsp3) is 0.600. The Labute approximate surface area is 150 Å². The first-order valence-electron chi connectivity index (χ1n) is 9.41. The van der Waals surface area contributed by atoms with Crippen molar-refractivity contribution in [2.24, 2.45) is 5.92 Å². The van der Waals surface area contributed by atoms with Crippen LogP contribution in [0.5, 0.6) is 0 Å². The second-order valence-corrected chi connectivity index (χ2v) is 7.26. The molecule has 0 spiro atoms. The van der Waals surface area contributed by atoms with Crippen molar-refractivity contribution in [2.45, 2.75) is 72.5 Å². The third kappa shape index (κ3) is 4.97. The Hall–Kier alpha value is -2.04. The zero-order chi connectivity index (χ0) is 18.4. The van der Waals surface area contributed by atoms with E-state index < -0.39 is 0 Å². The topological polar surface area (TPSA) is 56.0 Å². The van der Waals surface area contributed by atoms with Crippen LogP contribution in [-0.2, 0) is 17.9 Å². The highest BCUT2D eigenvalue weighted by Crippen LogP contribution is 2.13. The average molecular weight is 345 g/mol. The Morgan fingerprint density at radius 2 is 1.64 bits per heavy atom. The maximum Gasteiger partial charge on any atom is 0.329 e. The van der Waals surface area contributed by atoms with Crippen molar-refractivity contribution in [2.75, 3.05) is 0 Å². The SMILES string of the molecule is CCCn1c(=O)n(CCC(=O)NC(C)CCC(C)C)c2ccccc21. The van der Waals surface area contributed by atoms with Gasteiger partial charge in [0.1, 0.15) is 0 Å². The number of nitrogens with one attached hydrogen (secondary N) is 1. The second-order valence-electron chi connectivity index (χ2n) is 7.26. The lowest BCUT2D eigenvalue weighted by atomic mass is 10.0. The number of carbonyl (C=O) groups excluding carboxylic acids is 1. The van der Waals surface area contributed by atoms with Gasteiger partial charge in [0.15, 0.2) is 0 Å². The molecule has 0 saturated carbocycles. The normalized spacial score (nSPS) is 12.7. The van der Waals surface area contributed by atoms with Gasteiger partial charge in [-0.1, -0.05) is 32.9 Å². The molecule has 138 valence electrons. The number of hydrogen-bond donors (Lipinski definition) is 1. The summed E-state index contributed by atoms with van der Waals surface area (Å²) in [7, 11) is 0. The van der Waals surface area contributed by atoms with Crippen molar-refractivity contribution in [1.29, 1.82) is 0 Å². The van der Waals surface area contributed by atoms with Crippen LogP contribution in [0.3, 0.4) is 0 Å². The van der Waals surface area contributed by atoms with E-state index in [0.717, 1.165) is 30.3 Å². The maximum absolute atomic E-state index is 12.7. The van der Waals surface area contributed by atoms with Crippen molar-refractivity contribution >= 4 is 16.9 Å². The first kappa shape index (κ1) is 19.3. The molecule has 1 amide bonds. The lowest BCUT2D eigenvalue weighted by molar-refractivity contribution is -0.121. The van der Waals surface area contributed by atoms with Gasteiger partial charge in [0.05, 0.1) is 11.0 Å². The number of fused-ring (bicyclic) bond motifs is 1. The highest BCUT2D eigenvalue weighted by Gasteiger charge is 2.14. The molecule has 25 heavy (non-hydrogen) atoms. The molecule has 2 aromatic rings. The van der Waals surface area contributed by atoms with Crippen molar-refractivity contribution < 1.29 is 4.79 Å². The van der Waals surface area contributed by atoms with E-state index in [0.29, 0.717) is 25.4 Å². The smallest absolute Gasteiger partial charge is 0.329 e. The van der Waals surface area contributed by atoms with E-state index in [1.54, 1.807) is 9.13 Å². The number of aromatic nitrogens is 2. The van der Waals surface area contributed by atoms with Crippen LogP contribution in [0.2, 0.25) is 0 Å². The Balaban J connectivity index is 2.04. The van der Waals surface area contributed by atoms with Crippen LogP contribution in [0.25, 0.3) is 11.0 Å². The van der Waals surface area contributed by atoms with Crippen molar-refractivity contribution in [3.05, 3.63) is 34.7 Å². The molecule has 1 heterocycles. The first-order valence-corrected chi connectivity index (χ1v) is 9.41. The predicted molar refractivity (Wildman–Crippen MR) is 103 cm³/mol. The summed E-state index contributed by atoms with van der Waals surface area (Å²) < 4.78 is 3.53. The van der Waals surface area contributed by atoms with Gasteiger partial charge in [-0.05, 0) is 44.2 Å². The Kier molecular flexibility index (Phi) is 6.85. The summed E-state index contributed by atoms with van der Waals surface area (Å²) in [5.74, 6) is 0.651. The van der Waals surface area contributed by atoms with Gasteiger partial charge < -0.3 is 5.32 Å². The summed E-state index contributed by atoms with van der Waals surface area (Å²) in [6, 6.07) is 7.97. The molecule has 5 nitrogen and oxygen atoms in total. The largest absolute Gasteiger partial charge is 0.354 e. The predicted octanol–water partition coefficient (Wildman–Crippen LogP) is 3.54. The van der Waals surface area contributed by atoms with E-state index in [9.17, 15) is 9.59 Å². The molecule has 1 aromatic carbocycles. The molecule has 0 fully saturated rings. The zero-order valence-electron chi connectivity index (χ0n) is 15.9. The standard InChI is InChI=1S/C20H31N3O2/c1-5-13-22-17-8-6-7-9-18(17)23(20(22)25)14-12-19(24)21-16(4)11-10-15(2)3/h6-9,15-16H,5,10-14H2,1-4H3,(H,21,24). The van der Waals surface area contributed by atoms with Gasteiger partial charge in [0, 0.05) is 25.6 Å². The quantitative estimate of drug-likeness (QED) is 0.756. The van der Waals surface area contributed by atoms with Crippen LogP contribution in [0, 0.1) is 5.92 Å². The van der Waals surface area contributed by atoms with Crippen molar-refractivity contribution in [1.82, 2.24) is 14.5 Å². The van der Waals surface area contributed by atoms with E-state index >= 15 is 0 Å². The molecule has 1 unspecified atom stereocenters. The minimum atomic E-state index is -0.0243. The molecular formula is C20H31N3O2. The van der Waals surface area contributed by atoms with Gasteiger partial charge in [-0.2, -0.15) is 0 Å². The fourth-order valence-electron chi connectivity index (χ4n) is 3.14. The lowest BCUT2D eigenvalue weighted by Crippen LogP contribution is -2.34. The Bertz CT molecular complexity index is 758. The summed E-state index contributed by atoms with van der Waals surface area (Å²) in [5.41, 5.74) is 1.82.